The van der Waals surface area contributed by atoms with Gasteiger partial charge in [0, 0.05) is 25.0 Å². The van der Waals surface area contributed by atoms with Crippen molar-refractivity contribution < 1.29 is 15.3 Å². The van der Waals surface area contributed by atoms with Crippen LogP contribution in [0.25, 0.3) is 11.2 Å². The number of nitrogens with zero attached hydrogens (tertiary/aromatic N) is 4. The highest BCUT2D eigenvalue weighted by Gasteiger charge is 2.41. The number of fused-ring (bicyclic) bond motifs is 1. The van der Waals surface area contributed by atoms with E-state index in [4.69, 9.17) is 5.73 Å². The Morgan fingerprint density at radius 3 is 2.65 bits per heavy atom. The molecule has 0 aliphatic heterocycles. The number of hydrogen-bond acceptors (Lipinski definition) is 7. The summed E-state index contributed by atoms with van der Waals surface area (Å²) in [7, 11) is 0. The molecule has 1 aliphatic carbocycles. The Balaban J connectivity index is 1.85. The van der Waals surface area contributed by atoms with Crippen LogP contribution >= 0.6 is 0 Å². The lowest BCUT2D eigenvalue weighted by atomic mass is 10.0. The van der Waals surface area contributed by atoms with E-state index in [1.807, 2.05) is 0 Å². The van der Waals surface area contributed by atoms with Crippen molar-refractivity contribution >= 4 is 17.0 Å². The predicted octanol–water partition coefficient (Wildman–Crippen LogP) is -1.24. The van der Waals surface area contributed by atoms with Crippen LogP contribution in [0.15, 0.2) is 12.7 Å². The average Bonchev–Trinajstić information content (AvgIpc) is 2.97. The number of nitrogen functional groups attached to an aromatic ring is 1. The molecule has 2 heterocycles. The van der Waals surface area contributed by atoms with Crippen LogP contribution in [0.1, 0.15) is 6.42 Å². The average molecular weight is 279 g/mol. The smallest absolute Gasteiger partial charge is 0.165 e. The minimum absolute atomic E-state index is 0.130. The van der Waals surface area contributed by atoms with Crippen LogP contribution in [0.5, 0.6) is 0 Å². The monoisotopic (exact) mass is 279 g/mol. The molecule has 108 valence electrons. The minimum Gasteiger partial charge on any atom is -0.396 e. The van der Waals surface area contributed by atoms with Gasteiger partial charge in [0.1, 0.15) is 11.8 Å². The Labute approximate surface area is 114 Å². The fourth-order valence-corrected chi connectivity index (χ4v) is 2.88. The van der Waals surface area contributed by atoms with Gasteiger partial charge in [-0.05, 0) is 6.42 Å². The maximum absolute atomic E-state index is 10.0. The van der Waals surface area contributed by atoms with Gasteiger partial charge >= 0.3 is 0 Å². The number of aliphatic hydroxyl groups excluding tert-OH is 3. The van der Waals surface area contributed by atoms with Crippen LogP contribution in [0, 0.1) is 11.8 Å². The first-order valence-electron chi connectivity index (χ1n) is 6.50. The number of nitrogens with two attached hydrogens (primary N) is 1. The number of rotatable bonds is 3. The van der Waals surface area contributed by atoms with Crippen molar-refractivity contribution in [3.63, 3.8) is 0 Å². The van der Waals surface area contributed by atoms with Crippen LogP contribution in [-0.4, -0.2) is 53.7 Å². The van der Waals surface area contributed by atoms with E-state index in [-0.39, 0.29) is 18.4 Å². The van der Waals surface area contributed by atoms with Crippen molar-refractivity contribution in [1.82, 2.24) is 19.5 Å². The largest absolute Gasteiger partial charge is 0.396 e. The molecule has 2 aromatic rings. The molecule has 8 nitrogen and oxygen atoms in total. The molecule has 1 fully saturated rings. The molecule has 0 unspecified atom stereocenters. The predicted molar refractivity (Wildman–Crippen MR) is 70.4 cm³/mol. The van der Waals surface area contributed by atoms with Gasteiger partial charge in [-0.25, -0.2) is 15.0 Å². The molecular formula is C12H17N5O3. The Morgan fingerprint density at radius 2 is 1.95 bits per heavy atom. The SMILES string of the molecule is Nc1ncnc2c1ncn2C[C@@H]1C[C@H](CO)[C@@H](O)[C@H]1O. The molecule has 5 N–H and O–H groups in total. The Bertz CT molecular complexity index is 616. The van der Waals surface area contributed by atoms with Crippen LogP contribution in [0.2, 0.25) is 0 Å². The highest BCUT2D eigenvalue weighted by Crippen LogP contribution is 2.33. The normalized spacial score (nSPS) is 30.1. The topological polar surface area (TPSA) is 130 Å². The lowest BCUT2D eigenvalue weighted by Crippen LogP contribution is -2.30. The van der Waals surface area contributed by atoms with Gasteiger partial charge in [-0.2, -0.15) is 0 Å². The standard InChI is InChI=1S/C12H17N5O3/c13-11-8-12(15-4-14-11)17(5-16-8)2-6-1-7(3-18)10(20)9(6)19/h4-7,9-10,18-20H,1-3H2,(H2,13,14,15)/t6-,7+,9-,10+/m0/s1. The summed E-state index contributed by atoms with van der Waals surface area (Å²) in [5, 5.41) is 29.0. The molecule has 0 bridgehead atoms. The zero-order chi connectivity index (χ0) is 14.3. The first-order chi connectivity index (χ1) is 9.61. The van der Waals surface area contributed by atoms with Gasteiger partial charge < -0.3 is 25.6 Å². The van der Waals surface area contributed by atoms with Crippen molar-refractivity contribution in [2.24, 2.45) is 11.8 Å². The third-order valence-electron chi connectivity index (χ3n) is 4.02. The van der Waals surface area contributed by atoms with Gasteiger partial charge in [0.2, 0.25) is 0 Å². The van der Waals surface area contributed by atoms with E-state index in [0.29, 0.717) is 29.9 Å². The van der Waals surface area contributed by atoms with E-state index in [9.17, 15) is 15.3 Å². The van der Waals surface area contributed by atoms with Gasteiger partial charge in [0.25, 0.3) is 0 Å². The van der Waals surface area contributed by atoms with E-state index in [1.165, 1.54) is 6.33 Å². The van der Waals surface area contributed by atoms with E-state index >= 15 is 0 Å². The Hall–Kier alpha value is -1.77. The molecule has 2 aromatic heterocycles. The fourth-order valence-electron chi connectivity index (χ4n) is 2.88. The number of hydrogen-bond donors (Lipinski definition) is 4. The summed E-state index contributed by atoms with van der Waals surface area (Å²) in [6.07, 6.45) is 1.77. The minimum atomic E-state index is -0.889. The van der Waals surface area contributed by atoms with Gasteiger partial charge in [0.05, 0.1) is 18.5 Å². The summed E-state index contributed by atoms with van der Waals surface area (Å²) in [6.45, 7) is 0.330. The lowest BCUT2D eigenvalue weighted by molar-refractivity contribution is -0.00782. The Morgan fingerprint density at radius 1 is 1.20 bits per heavy atom. The molecule has 1 saturated carbocycles. The second-order valence-corrected chi connectivity index (χ2v) is 5.25. The summed E-state index contributed by atoms with van der Waals surface area (Å²) in [6, 6.07) is 0. The summed E-state index contributed by atoms with van der Waals surface area (Å²) in [5.41, 5.74) is 6.85. The van der Waals surface area contributed by atoms with Gasteiger partial charge in [-0.3, -0.25) is 0 Å². The summed E-state index contributed by atoms with van der Waals surface area (Å²) < 4.78 is 1.79. The van der Waals surface area contributed by atoms with Crippen LogP contribution in [-0.2, 0) is 6.54 Å². The number of aromatic nitrogens is 4. The van der Waals surface area contributed by atoms with Gasteiger partial charge in [0.15, 0.2) is 11.5 Å². The van der Waals surface area contributed by atoms with E-state index in [0.717, 1.165) is 0 Å². The summed E-state index contributed by atoms with van der Waals surface area (Å²) in [5.74, 6) is -0.130. The molecule has 0 saturated heterocycles. The molecule has 0 aromatic carbocycles. The third kappa shape index (κ3) is 2.01. The fraction of sp³-hybridized carbons (Fsp3) is 0.583. The molecule has 0 radical (unpaired) electrons. The second-order valence-electron chi connectivity index (χ2n) is 5.25. The maximum Gasteiger partial charge on any atom is 0.165 e. The van der Waals surface area contributed by atoms with Gasteiger partial charge in [-0.15, -0.1) is 0 Å². The van der Waals surface area contributed by atoms with Crippen molar-refractivity contribution in [2.75, 3.05) is 12.3 Å². The van der Waals surface area contributed by atoms with Crippen LogP contribution in [0.3, 0.4) is 0 Å². The highest BCUT2D eigenvalue weighted by molar-refractivity contribution is 5.81. The highest BCUT2D eigenvalue weighted by atomic mass is 16.3. The first kappa shape index (κ1) is 13.2. The lowest BCUT2D eigenvalue weighted by Gasteiger charge is -2.17. The van der Waals surface area contributed by atoms with Crippen molar-refractivity contribution in [3.8, 4) is 0 Å². The molecular weight excluding hydrogens is 262 g/mol. The summed E-state index contributed by atoms with van der Waals surface area (Å²) >= 11 is 0. The number of imidazole rings is 1. The van der Waals surface area contributed by atoms with Crippen LogP contribution < -0.4 is 5.73 Å². The first-order valence-corrected chi connectivity index (χ1v) is 6.50. The number of aliphatic hydroxyl groups is 3. The quantitative estimate of drug-likeness (QED) is 0.552. The van der Waals surface area contributed by atoms with Crippen LogP contribution in [0.4, 0.5) is 5.82 Å². The third-order valence-corrected chi connectivity index (χ3v) is 4.02. The van der Waals surface area contributed by atoms with Crippen molar-refractivity contribution in [3.05, 3.63) is 12.7 Å². The second kappa shape index (κ2) is 4.97. The molecule has 8 heteroatoms. The zero-order valence-corrected chi connectivity index (χ0v) is 10.8. The Kier molecular flexibility index (Phi) is 3.28. The maximum atomic E-state index is 10.0. The molecule has 0 amide bonds. The molecule has 4 atom stereocenters. The molecule has 20 heavy (non-hydrogen) atoms. The molecule has 0 spiro atoms. The molecule has 3 rings (SSSR count). The van der Waals surface area contributed by atoms with E-state index in [2.05, 4.69) is 15.0 Å². The molecule has 1 aliphatic rings. The van der Waals surface area contributed by atoms with E-state index < -0.39 is 12.2 Å². The van der Waals surface area contributed by atoms with Gasteiger partial charge in [-0.1, -0.05) is 0 Å². The zero-order valence-electron chi connectivity index (χ0n) is 10.8. The van der Waals surface area contributed by atoms with Crippen molar-refractivity contribution in [2.45, 2.75) is 25.2 Å². The van der Waals surface area contributed by atoms with E-state index in [1.54, 1.807) is 10.9 Å². The van der Waals surface area contributed by atoms with Crippen molar-refractivity contribution in [1.29, 1.82) is 0 Å². The summed E-state index contributed by atoms with van der Waals surface area (Å²) in [4.78, 5) is 12.2. The number of anilines is 1.